The summed E-state index contributed by atoms with van der Waals surface area (Å²) in [5.41, 5.74) is 0. The van der Waals surface area contributed by atoms with Crippen LogP contribution in [0.2, 0.25) is 0 Å². The molecule has 0 heterocycles. The van der Waals surface area contributed by atoms with Gasteiger partial charge in [-0.3, -0.25) is 0 Å². The molecule has 0 radical (unpaired) electrons. The molecule has 0 rings (SSSR count). The van der Waals surface area contributed by atoms with Crippen LogP contribution in [0, 0.1) is 55.6 Å². The number of carbonyl (C=O) groups excluding carboxylic acids is 4. The number of hydrogen-bond acceptors (Lipinski definition) is 12. The molecular formula is C4H4O12U2. The molecule has 100 valence electrons. The fourth-order valence-electron chi connectivity index (χ4n) is 0. The van der Waals surface area contributed by atoms with Crippen LogP contribution < -0.4 is 20.4 Å². The van der Waals surface area contributed by atoms with Crippen LogP contribution in [-0.4, -0.2) is 25.9 Å². The minimum absolute atomic E-state index is 0.500. The maximum absolute atomic E-state index is 8.58. The van der Waals surface area contributed by atoms with Crippen molar-refractivity contribution in [1.82, 2.24) is 0 Å². The Bertz CT molecular complexity index is 178. The molecule has 0 aromatic heterocycles. The van der Waals surface area contributed by atoms with E-state index in [-0.39, 0.29) is 0 Å². The van der Waals surface area contributed by atoms with Gasteiger partial charge in [0.2, 0.25) is 0 Å². The van der Waals surface area contributed by atoms with Gasteiger partial charge in [0.25, 0.3) is 0 Å². The summed E-state index contributed by atoms with van der Waals surface area (Å²) >= 11 is -5.01. The van der Waals surface area contributed by atoms with Crippen LogP contribution in [0.3, 0.4) is 0 Å². The monoisotopic (exact) mass is 720 g/mol. The van der Waals surface area contributed by atoms with Gasteiger partial charge in [0.05, 0.1) is 0 Å². The third-order valence-corrected chi connectivity index (χ3v) is 0. The Balaban J connectivity index is -0.0000000240. The van der Waals surface area contributed by atoms with E-state index < -0.39 is 81.5 Å². The summed E-state index contributed by atoms with van der Waals surface area (Å²) < 4.78 is 34.3. The quantitative estimate of drug-likeness (QED) is 0.213. The van der Waals surface area contributed by atoms with Crippen molar-refractivity contribution in [3.05, 3.63) is 0 Å². The Morgan fingerprint density at radius 3 is 0.500 bits per heavy atom. The van der Waals surface area contributed by atoms with Crippen LogP contribution >= 0.6 is 0 Å². The van der Waals surface area contributed by atoms with Gasteiger partial charge >= 0.3 is 64.6 Å². The first-order chi connectivity index (χ1) is 8.49. The van der Waals surface area contributed by atoms with E-state index in [2.05, 4.69) is 0 Å². The molecule has 14 heteroatoms. The molecule has 0 aliphatic heterocycles. The molecule has 0 aliphatic rings. The summed E-state index contributed by atoms with van der Waals surface area (Å²) in [6.45, 7) is -2.00. The van der Waals surface area contributed by atoms with E-state index in [0.29, 0.717) is 0 Å². The zero-order valence-electron chi connectivity index (χ0n) is 8.21. The van der Waals surface area contributed by atoms with Crippen molar-refractivity contribution in [2.24, 2.45) is 0 Å². The van der Waals surface area contributed by atoms with Crippen molar-refractivity contribution >= 4 is 25.9 Å². The van der Waals surface area contributed by atoms with E-state index in [9.17, 15) is 0 Å². The second-order valence-electron chi connectivity index (χ2n) is 0.552. The third-order valence-electron chi connectivity index (χ3n) is 0. The Morgan fingerprint density at radius 2 is 0.500 bits per heavy atom. The fraction of sp³-hybridized carbons (Fsp3) is 0. The summed E-state index contributed by atoms with van der Waals surface area (Å²) in [7, 11) is 0. The van der Waals surface area contributed by atoms with Crippen LogP contribution in [0.1, 0.15) is 0 Å². The van der Waals surface area contributed by atoms with Gasteiger partial charge in [-0.15, -0.1) is 0 Å². The predicted octanol–water partition coefficient (Wildman–Crippen LogP) is -7.01. The van der Waals surface area contributed by atoms with Crippen LogP contribution in [0.4, 0.5) is 0 Å². The van der Waals surface area contributed by atoms with Gasteiger partial charge in [-0.25, -0.2) is 0 Å². The van der Waals surface area contributed by atoms with Gasteiger partial charge in [0.1, 0.15) is 0 Å². The van der Waals surface area contributed by atoms with E-state index in [1.165, 1.54) is 0 Å². The van der Waals surface area contributed by atoms with Crippen molar-refractivity contribution in [3.8, 4) is 0 Å². The van der Waals surface area contributed by atoms with Gasteiger partial charge in [0.15, 0.2) is 0 Å². The van der Waals surface area contributed by atoms with E-state index in [0.717, 1.165) is 0 Å². The van der Waals surface area contributed by atoms with Crippen molar-refractivity contribution in [3.63, 3.8) is 0 Å². The molecule has 0 aromatic rings. The molecule has 0 saturated carbocycles. The second kappa shape index (κ2) is 139. The summed E-state index contributed by atoms with van der Waals surface area (Å²) in [5.74, 6) is 0. The number of carbonyl (C=O) groups is 4. The first kappa shape index (κ1) is 36.0. The average Bonchev–Trinajstić information content (AvgIpc) is 2.23. The zero-order chi connectivity index (χ0) is 16.2. The van der Waals surface area contributed by atoms with Gasteiger partial charge in [-0.05, 0) is 0 Å². The van der Waals surface area contributed by atoms with E-state index in [1.54, 1.807) is 0 Å². The molecule has 0 aromatic carbocycles. The van der Waals surface area contributed by atoms with Gasteiger partial charge < -0.3 is 39.6 Å². The van der Waals surface area contributed by atoms with E-state index in [1.807, 2.05) is 0 Å². The molecule has 0 aliphatic carbocycles. The second-order valence-corrected chi connectivity index (χ2v) is 1.94. The first-order valence-electron chi connectivity index (χ1n) is 2.70. The summed E-state index contributed by atoms with van der Waals surface area (Å²) in [6, 6.07) is 0. The molecule has 0 bridgehead atoms. The molecule has 0 unspecified atom stereocenters. The van der Waals surface area contributed by atoms with Gasteiger partial charge in [-0.2, -0.15) is 0 Å². The molecule has 0 fully saturated rings. The van der Waals surface area contributed by atoms with Crippen LogP contribution in [0.5, 0.6) is 0 Å². The van der Waals surface area contributed by atoms with E-state index in [4.69, 9.17) is 48.5 Å². The number of carboxylic acid groups (broad SMARTS) is 4. The maximum atomic E-state index is 8.58. The molecule has 0 atom stereocenters. The molecule has 0 saturated heterocycles. The normalized spacial score (nSPS) is 3.56. The standard InChI is InChI=1S/4CH2O2.4O.2U/c4*2-1-3;;;;;;/h4*1H,(H,2,3);;;;;;/q;;;;;;;;2*+2/p-4. The molecule has 0 spiro atoms. The zero-order valence-corrected chi connectivity index (χ0v) is 16.5. The Kier molecular flexibility index (Phi) is 278. The van der Waals surface area contributed by atoms with Crippen LogP contribution in [-0.2, 0) is 28.1 Å². The van der Waals surface area contributed by atoms with Crippen molar-refractivity contribution in [2.75, 3.05) is 0 Å². The Labute approximate surface area is 129 Å². The topological polar surface area (TPSA) is 229 Å². The molecule has 18 heavy (non-hydrogen) atoms. The van der Waals surface area contributed by atoms with Gasteiger partial charge in [-0.1, -0.05) is 0 Å². The van der Waals surface area contributed by atoms with Crippen molar-refractivity contribution in [2.45, 2.75) is 0 Å². The minimum atomic E-state index is -2.51. The molecule has 0 N–H and O–H groups in total. The van der Waals surface area contributed by atoms with Gasteiger partial charge in [0, 0.05) is 25.9 Å². The fourth-order valence-corrected chi connectivity index (χ4v) is 0. The first-order valence-corrected chi connectivity index (χ1v) is 9.50. The summed E-state index contributed by atoms with van der Waals surface area (Å²) in [5, 5.41) is 33.0. The molecule has 0 amide bonds. The van der Waals surface area contributed by atoms with Crippen LogP contribution in [0.25, 0.3) is 0 Å². The summed E-state index contributed by atoms with van der Waals surface area (Å²) in [4.78, 5) is 33.0. The SMILES string of the molecule is O=C[O-].O=C[O-].O=C[O-].O=C[O-].[O]=[U+2]=[O].[O]=[U+2]=[O]. The number of hydrogen-bond donors (Lipinski definition) is 0. The Hall–Kier alpha value is -0.816. The third kappa shape index (κ3) is 4590. The van der Waals surface area contributed by atoms with E-state index >= 15 is 0 Å². The average molecular weight is 720 g/mol. The molecule has 12 nitrogen and oxygen atoms in total. The molecular weight excluding hydrogens is 716 g/mol. The predicted molar refractivity (Wildman–Crippen MR) is 27.0 cm³/mol. The Morgan fingerprint density at radius 1 is 0.500 bits per heavy atom. The number of rotatable bonds is 0. The van der Waals surface area contributed by atoms with Crippen molar-refractivity contribution < 1.29 is 104 Å². The van der Waals surface area contributed by atoms with Crippen LogP contribution in [0.15, 0.2) is 0 Å². The van der Waals surface area contributed by atoms with Crippen molar-refractivity contribution in [1.29, 1.82) is 0 Å². The summed E-state index contributed by atoms with van der Waals surface area (Å²) in [6.07, 6.45) is 0.